The number of carbonyl (C=O) groups is 2. The van der Waals surface area contributed by atoms with Gasteiger partial charge in [-0.3, -0.25) is 4.79 Å². The van der Waals surface area contributed by atoms with Crippen LogP contribution in [-0.2, 0) is 12.6 Å². The van der Waals surface area contributed by atoms with Crippen LogP contribution in [0.4, 0.5) is 34.1 Å². The molecule has 4 heterocycles. The number of aromatic nitrogens is 2. The summed E-state index contributed by atoms with van der Waals surface area (Å²) in [6, 6.07) is 18.2. The van der Waals surface area contributed by atoms with Crippen molar-refractivity contribution in [1.82, 2.24) is 14.9 Å². The van der Waals surface area contributed by atoms with Crippen LogP contribution in [0.5, 0.6) is 5.88 Å². The van der Waals surface area contributed by atoms with Crippen molar-refractivity contribution in [3.05, 3.63) is 101 Å². The summed E-state index contributed by atoms with van der Waals surface area (Å²) < 4.78 is 66.9. The first kappa shape index (κ1) is 31.1. The van der Waals surface area contributed by atoms with Crippen LogP contribution in [0.3, 0.4) is 0 Å². The van der Waals surface area contributed by atoms with Crippen molar-refractivity contribution in [3.63, 3.8) is 0 Å². The maximum atomic E-state index is 13.9. The number of hydrogen-bond donors (Lipinski definition) is 1. The Morgan fingerprint density at radius 3 is 2.39 bits per heavy atom. The Balaban J connectivity index is 1.05. The molecular weight excluding hydrogens is 606 g/mol. The lowest BCUT2D eigenvalue weighted by molar-refractivity contribution is -0.141. The Morgan fingerprint density at radius 1 is 0.957 bits per heavy atom. The monoisotopic (exact) mass is 637 g/mol. The Labute approximate surface area is 262 Å². The highest BCUT2D eigenvalue weighted by molar-refractivity contribution is 5.96. The van der Waals surface area contributed by atoms with Crippen molar-refractivity contribution in [2.75, 3.05) is 36.4 Å². The standard InChI is InChI=1S/C33H31F4N5O4/c34-25-8-4-5-9-26(25)39-31(44)42-17-14-24(20-42)45-28-11-10-21(19-38-28)18-27(43)29-30(33(35,36)37)40-32(46-29)41-15-12-23(13-16-41)22-6-2-1-3-7-22/h1-11,19,23-24H,12-18,20H2,(H,39,44)/t24-/m0/s1. The lowest BCUT2D eigenvalue weighted by Crippen LogP contribution is -2.34. The normalized spacial score (nSPS) is 17.3. The number of anilines is 2. The van der Waals surface area contributed by atoms with Gasteiger partial charge >= 0.3 is 12.2 Å². The summed E-state index contributed by atoms with van der Waals surface area (Å²) in [6.07, 6.45) is -2.31. The molecule has 46 heavy (non-hydrogen) atoms. The molecule has 0 unspecified atom stereocenters. The van der Waals surface area contributed by atoms with Crippen LogP contribution in [0.15, 0.2) is 77.3 Å². The third-order valence-corrected chi connectivity index (χ3v) is 8.17. The van der Waals surface area contributed by atoms with E-state index in [0.717, 1.165) is 12.8 Å². The van der Waals surface area contributed by atoms with E-state index in [1.807, 2.05) is 30.3 Å². The number of benzene rings is 2. The highest BCUT2D eigenvalue weighted by Gasteiger charge is 2.42. The van der Waals surface area contributed by atoms with Crippen molar-refractivity contribution >= 4 is 23.5 Å². The summed E-state index contributed by atoms with van der Waals surface area (Å²) in [6.45, 7) is 1.54. The van der Waals surface area contributed by atoms with Gasteiger partial charge in [0.1, 0.15) is 11.9 Å². The Kier molecular flexibility index (Phi) is 8.91. The maximum absolute atomic E-state index is 13.9. The van der Waals surface area contributed by atoms with Crippen LogP contribution < -0.4 is 15.0 Å². The zero-order valence-electron chi connectivity index (χ0n) is 24.7. The van der Waals surface area contributed by atoms with Crippen LogP contribution in [0.1, 0.15) is 52.6 Å². The van der Waals surface area contributed by atoms with E-state index in [2.05, 4.69) is 15.3 Å². The second kappa shape index (κ2) is 13.2. The first-order chi connectivity index (χ1) is 22.1. The van der Waals surface area contributed by atoms with Gasteiger partial charge in [-0.25, -0.2) is 14.2 Å². The lowest BCUT2D eigenvalue weighted by atomic mass is 9.90. The number of alkyl halides is 3. The van der Waals surface area contributed by atoms with Gasteiger partial charge in [0, 0.05) is 44.7 Å². The third kappa shape index (κ3) is 7.13. The van der Waals surface area contributed by atoms with E-state index < -0.39 is 35.3 Å². The number of piperidine rings is 1. The molecule has 0 aliphatic carbocycles. The lowest BCUT2D eigenvalue weighted by Gasteiger charge is -2.31. The minimum absolute atomic E-state index is 0.0797. The van der Waals surface area contributed by atoms with Crippen LogP contribution in [0.2, 0.25) is 0 Å². The van der Waals surface area contributed by atoms with Gasteiger partial charge in [0.2, 0.25) is 17.4 Å². The molecule has 2 saturated heterocycles. The molecule has 240 valence electrons. The number of halogens is 4. The van der Waals surface area contributed by atoms with Gasteiger partial charge in [0.25, 0.3) is 6.01 Å². The number of amides is 2. The van der Waals surface area contributed by atoms with Gasteiger partial charge in [-0.2, -0.15) is 18.2 Å². The quantitative estimate of drug-likeness (QED) is 0.169. The van der Waals surface area contributed by atoms with Crippen LogP contribution >= 0.6 is 0 Å². The summed E-state index contributed by atoms with van der Waals surface area (Å²) in [5, 5.41) is 2.54. The van der Waals surface area contributed by atoms with E-state index in [9.17, 15) is 27.2 Å². The third-order valence-electron chi connectivity index (χ3n) is 8.17. The number of ketones is 1. The van der Waals surface area contributed by atoms with Crippen molar-refractivity contribution < 1.29 is 36.3 Å². The summed E-state index contributed by atoms with van der Waals surface area (Å²) >= 11 is 0. The largest absolute Gasteiger partial charge is 0.472 e. The second-order valence-electron chi connectivity index (χ2n) is 11.3. The Bertz CT molecular complexity index is 1670. The summed E-state index contributed by atoms with van der Waals surface area (Å²) in [7, 11) is 0. The number of ether oxygens (including phenoxy) is 1. The molecule has 2 fully saturated rings. The van der Waals surface area contributed by atoms with Crippen LogP contribution in [0.25, 0.3) is 0 Å². The predicted molar refractivity (Wildman–Crippen MR) is 160 cm³/mol. The molecule has 1 atom stereocenters. The number of para-hydroxylation sites is 1. The molecule has 2 amide bonds. The van der Waals surface area contributed by atoms with Crippen molar-refractivity contribution in [1.29, 1.82) is 0 Å². The number of urea groups is 1. The summed E-state index contributed by atoms with van der Waals surface area (Å²) in [5.41, 5.74) is 0.289. The van der Waals surface area contributed by atoms with E-state index in [1.54, 1.807) is 11.0 Å². The van der Waals surface area contributed by atoms with E-state index >= 15 is 0 Å². The molecule has 0 spiro atoms. The first-order valence-corrected chi connectivity index (χ1v) is 15.0. The topological polar surface area (TPSA) is 101 Å². The number of rotatable bonds is 8. The molecule has 4 aromatic rings. The smallest absolute Gasteiger partial charge is 0.437 e. The van der Waals surface area contributed by atoms with E-state index in [0.29, 0.717) is 31.6 Å². The minimum Gasteiger partial charge on any atom is -0.472 e. The molecule has 9 nitrogen and oxygen atoms in total. The molecular formula is C33H31F4N5O4. The fourth-order valence-electron chi connectivity index (χ4n) is 5.74. The molecule has 2 aromatic carbocycles. The Hall–Kier alpha value is -4.94. The van der Waals surface area contributed by atoms with Gasteiger partial charge in [-0.15, -0.1) is 0 Å². The number of Topliss-reactive ketones (excluding diaryl/α,β-unsaturated/α-hetero) is 1. The van der Waals surface area contributed by atoms with Gasteiger partial charge < -0.3 is 24.3 Å². The molecule has 2 aliphatic heterocycles. The number of oxazole rings is 1. The fourth-order valence-corrected chi connectivity index (χ4v) is 5.74. The number of carbonyl (C=O) groups excluding carboxylic acids is 2. The average Bonchev–Trinajstić information content (AvgIpc) is 3.72. The molecule has 0 saturated carbocycles. The number of pyridine rings is 1. The molecule has 13 heteroatoms. The Morgan fingerprint density at radius 2 is 1.70 bits per heavy atom. The number of nitrogens with zero attached hydrogens (tertiary/aromatic N) is 4. The average molecular weight is 638 g/mol. The number of likely N-dealkylation sites (tertiary alicyclic amines) is 1. The molecule has 0 radical (unpaired) electrons. The summed E-state index contributed by atoms with van der Waals surface area (Å²) in [5.74, 6) is -1.72. The van der Waals surface area contributed by atoms with E-state index in [1.165, 1.54) is 47.0 Å². The SMILES string of the molecule is O=C(Cc1ccc(O[C@H]2CCN(C(=O)Nc3ccccc3F)C2)nc1)c1oc(N2CCC(c3ccccc3)CC2)nc1C(F)(F)F. The van der Waals surface area contributed by atoms with Crippen molar-refractivity contribution in [3.8, 4) is 5.88 Å². The van der Waals surface area contributed by atoms with E-state index in [4.69, 9.17) is 9.15 Å². The van der Waals surface area contributed by atoms with Gasteiger partial charge in [0.05, 0.1) is 12.2 Å². The minimum atomic E-state index is -4.87. The molecule has 2 aromatic heterocycles. The molecule has 1 N–H and O–H groups in total. The van der Waals surface area contributed by atoms with Crippen molar-refractivity contribution in [2.45, 2.75) is 43.9 Å². The fraction of sp³-hybridized carbons (Fsp3) is 0.333. The van der Waals surface area contributed by atoms with Crippen molar-refractivity contribution in [2.24, 2.45) is 0 Å². The molecule has 6 rings (SSSR count). The molecule has 2 aliphatic rings. The second-order valence-corrected chi connectivity index (χ2v) is 11.3. The van der Waals surface area contributed by atoms with Gasteiger partial charge in [-0.05, 0) is 42.0 Å². The zero-order valence-corrected chi connectivity index (χ0v) is 24.7. The highest BCUT2D eigenvalue weighted by atomic mass is 19.4. The predicted octanol–water partition coefficient (Wildman–Crippen LogP) is 6.72. The maximum Gasteiger partial charge on any atom is 0.437 e. The van der Waals surface area contributed by atoms with Crippen LogP contribution in [-0.4, -0.2) is 59.0 Å². The van der Waals surface area contributed by atoms with Gasteiger partial charge in [0.15, 0.2) is 5.69 Å². The molecule has 0 bridgehead atoms. The number of hydrogen-bond acceptors (Lipinski definition) is 7. The zero-order chi connectivity index (χ0) is 32.3. The van der Waals surface area contributed by atoms with E-state index in [-0.39, 0.29) is 42.6 Å². The number of nitrogens with one attached hydrogen (secondary N) is 1. The van der Waals surface area contributed by atoms with Crippen LogP contribution in [0, 0.1) is 5.82 Å². The highest BCUT2D eigenvalue weighted by Crippen LogP contribution is 2.37. The van der Waals surface area contributed by atoms with Gasteiger partial charge in [-0.1, -0.05) is 48.5 Å². The summed E-state index contributed by atoms with van der Waals surface area (Å²) in [4.78, 5) is 36.6. The first-order valence-electron chi connectivity index (χ1n) is 15.0.